The summed E-state index contributed by atoms with van der Waals surface area (Å²) in [4.78, 5) is 39.7. The van der Waals surface area contributed by atoms with Crippen molar-refractivity contribution in [3.8, 4) is 5.75 Å². The maximum Gasteiger partial charge on any atom is 0.255 e. The van der Waals surface area contributed by atoms with E-state index in [1.165, 1.54) is 0 Å². The fraction of sp³-hybridized carbons (Fsp3) is 0.500. The molecule has 1 fully saturated rings. The molecule has 9 heteroatoms. The Balaban J connectivity index is 1.91. The lowest BCUT2D eigenvalue weighted by molar-refractivity contribution is -0.147. The highest BCUT2D eigenvalue weighted by Gasteiger charge is 2.60. The van der Waals surface area contributed by atoms with Crippen LogP contribution in [0.3, 0.4) is 0 Å². The van der Waals surface area contributed by atoms with E-state index in [0.29, 0.717) is 24.0 Å². The molecular weight excluding hydrogens is 452 g/mol. The number of hydrogen-bond acceptors (Lipinski definition) is 8. The first kappa shape index (κ1) is 24.8. The fourth-order valence-corrected chi connectivity index (χ4v) is 5.88. The zero-order valence-electron chi connectivity index (χ0n) is 20.2. The van der Waals surface area contributed by atoms with Gasteiger partial charge in [0, 0.05) is 37.7 Å². The number of aromatic hydroxyl groups is 1. The van der Waals surface area contributed by atoms with Crippen molar-refractivity contribution in [3.63, 3.8) is 0 Å². The van der Waals surface area contributed by atoms with Crippen molar-refractivity contribution in [1.82, 2.24) is 0 Å². The van der Waals surface area contributed by atoms with Gasteiger partial charge in [-0.25, -0.2) is 0 Å². The smallest absolute Gasteiger partial charge is 0.255 e. The van der Waals surface area contributed by atoms with E-state index in [1.807, 2.05) is 25.1 Å². The third-order valence-electron chi connectivity index (χ3n) is 7.65. The van der Waals surface area contributed by atoms with E-state index in [4.69, 9.17) is 5.73 Å². The maximum atomic E-state index is 13.6. The van der Waals surface area contributed by atoms with Gasteiger partial charge in [0.05, 0.1) is 5.56 Å². The average molecular weight is 485 g/mol. The maximum absolute atomic E-state index is 13.6. The minimum Gasteiger partial charge on any atom is -0.508 e. The molecule has 3 unspecified atom stereocenters. The summed E-state index contributed by atoms with van der Waals surface area (Å²) in [5, 5.41) is 44.5. The van der Waals surface area contributed by atoms with E-state index >= 15 is 0 Å². The Bertz CT molecular complexity index is 1200. The van der Waals surface area contributed by atoms with Crippen LogP contribution in [0.5, 0.6) is 5.75 Å². The van der Waals surface area contributed by atoms with Gasteiger partial charge in [-0.15, -0.1) is 0 Å². The van der Waals surface area contributed by atoms with E-state index in [1.54, 1.807) is 0 Å². The molecule has 0 aromatic heterocycles. The summed E-state index contributed by atoms with van der Waals surface area (Å²) in [6.07, 6.45) is 3.50. The van der Waals surface area contributed by atoms with Gasteiger partial charge in [0.2, 0.25) is 5.78 Å². The number of rotatable bonds is 6. The lowest BCUT2D eigenvalue weighted by atomic mass is 9.59. The first-order chi connectivity index (χ1) is 16.4. The van der Waals surface area contributed by atoms with Crippen LogP contribution in [0.2, 0.25) is 0 Å². The number of hydrogen-bond donors (Lipinski definition) is 5. The Labute approximate surface area is 203 Å². The number of aliphatic hydroxyl groups excluding tert-OH is 2. The number of primary amides is 1. The molecule has 0 bridgehead atoms. The minimum absolute atomic E-state index is 0.108. The number of fused-ring (bicyclic) bond motifs is 3. The van der Waals surface area contributed by atoms with Crippen LogP contribution in [-0.4, -0.2) is 57.6 Å². The van der Waals surface area contributed by atoms with Crippen LogP contribution in [0.4, 0.5) is 5.69 Å². The molecule has 0 heterocycles. The zero-order valence-corrected chi connectivity index (χ0v) is 20.2. The van der Waals surface area contributed by atoms with Crippen molar-refractivity contribution in [2.45, 2.75) is 57.5 Å². The standard InChI is InChI=1S/C26H32N2O7/c1-4-5-6-7-12-10-16(28(2)3)15-9-13-8-14-11-17(29)20(25(27)34)24(33)26(14,35)23(32)18(13)22(31)19(15)21(12)30/h10,13-14,30-31,33,35H,4-9,11H2,1-3H3,(H2,27,34). The number of phenolic OH excluding ortho intramolecular Hbond substituents is 1. The number of benzene rings is 1. The second-order valence-electron chi connectivity index (χ2n) is 10.0. The molecule has 6 N–H and O–H groups in total. The summed E-state index contributed by atoms with van der Waals surface area (Å²) in [7, 11) is 3.72. The molecule has 0 saturated heterocycles. The van der Waals surface area contributed by atoms with Crippen molar-refractivity contribution in [2.75, 3.05) is 19.0 Å². The highest BCUT2D eigenvalue weighted by atomic mass is 16.3. The van der Waals surface area contributed by atoms with Gasteiger partial charge in [0.25, 0.3) is 5.91 Å². The zero-order chi connectivity index (χ0) is 25.8. The van der Waals surface area contributed by atoms with Crippen molar-refractivity contribution in [2.24, 2.45) is 17.6 Å². The molecule has 1 saturated carbocycles. The van der Waals surface area contributed by atoms with Crippen molar-refractivity contribution in [1.29, 1.82) is 0 Å². The lowest BCUT2D eigenvalue weighted by Crippen LogP contribution is -2.58. The molecule has 0 aliphatic heterocycles. The Kier molecular flexibility index (Phi) is 6.17. The topological polar surface area (TPSA) is 161 Å². The number of aryl methyl sites for hydroxylation is 1. The molecule has 188 valence electrons. The average Bonchev–Trinajstić information content (AvgIpc) is 2.77. The number of nitrogens with zero attached hydrogens (tertiary/aromatic N) is 1. The van der Waals surface area contributed by atoms with Crippen LogP contribution in [0, 0.1) is 11.8 Å². The highest BCUT2D eigenvalue weighted by molar-refractivity contribution is 6.22. The number of nitrogens with two attached hydrogens (primary N) is 1. The van der Waals surface area contributed by atoms with Crippen molar-refractivity contribution < 1.29 is 34.8 Å². The minimum atomic E-state index is -2.55. The quantitative estimate of drug-likeness (QED) is 0.303. The van der Waals surface area contributed by atoms with Crippen molar-refractivity contribution in [3.05, 3.63) is 39.7 Å². The molecule has 0 radical (unpaired) electrons. The molecule has 1 amide bonds. The van der Waals surface area contributed by atoms with Crippen LogP contribution >= 0.6 is 0 Å². The van der Waals surface area contributed by atoms with E-state index < -0.39 is 52.0 Å². The van der Waals surface area contributed by atoms with Gasteiger partial charge in [0.1, 0.15) is 22.8 Å². The van der Waals surface area contributed by atoms with E-state index in [2.05, 4.69) is 6.92 Å². The van der Waals surface area contributed by atoms with Gasteiger partial charge in [0.15, 0.2) is 11.4 Å². The van der Waals surface area contributed by atoms with E-state index in [-0.39, 0.29) is 29.7 Å². The first-order valence-electron chi connectivity index (χ1n) is 12.0. The summed E-state index contributed by atoms with van der Waals surface area (Å²) < 4.78 is 0. The summed E-state index contributed by atoms with van der Waals surface area (Å²) in [5.41, 5.74) is 4.05. The Morgan fingerprint density at radius 3 is 2.46 bits per heavy atom. The van der Waals surface area contributed by atoms with Crippen LogP contribution in [0.15, 0.2) is 23.0 Å². The second-order valence-corrected chi connectivity index (χ2v) is 10.0. The number of carbonyl (C=O) groups excluding carboxylic acids is 3. The lowest BCUT2D eigenvalue weighted by Gasteiger charge is -2.46. The second kappa shape index (κ2) is 8.71. The molecule has 35 heavy (non-hydrogen) atoms. The summed E-state index contributed by atoms with van der Waals surface area (Å²) in [6.45, 7) is 2.08. The molecule has 3 atom stereocenters. The van der Waals surface area contributed by atoms with Crippen LogP contribution < -0.4 is 10.6 Å². The molecular formula is C26H32N2O7. The Hall–Kier alpha value is -3.33. The third-order valence-corrected chi connectivity index (χ3v) is 7.65. The fourth-order valence-electron chi connectivity index (χ4n) is 5.88. The summed E-state index contributed by atoms with van der Waals surface area (Å²) >= 11 is 0. The Morgan fingerprint density at radius 1 is 1.17 bits per heavy atom. The van der Waals surface area contributed by atoms with Gasteiger partial charge in [-0.05, 0) is 48.8 Å². The number of ketones is 2. The molecule has 1 aromatic rings. The number of unbranched alkanes of at least 4 members (excludes halogenated alkanes) is 2. The highest BCUT2D eigenvalue weighted by Crippen LogP contribution is 2.53. The number of amides is 1. The predicted molar refractivity (Wildman–Crippen MR) is 129 cm³/mol. The number of carbonyl (C=O) groups is 3. The summed E-state index contributed by atoms with van der Waals surface area (Å²) in [5.74, 6) is -6.07. The van der Waals surface area contributed by atoms with Gasteiger partial charge in [-0.1, -0.05) is 19.8 Å². The molecule has 9 nitrogen and oxygen atoms in total. The summed E-state index contributed by atoms with van der Waals surface area (Å²) in [6, 6.07) is 1.90. The molecule has 0 spiro atoms. The van der Waals surface area contributed by atoms with Gasteiger partial charge < -0.3 is 31.1 Å². The molecule has 3 aliphatic carbocycles. The third kappa shape index (κ3) is 3.60. The van der Waals surface area contributed by atoms with Gasteiger partial charge in [-0.2, -0.15) is 0 Å². The van der Waals surface area contributed by atoms with E-state index in [0.717, 1.165) is 24.9 Å². The molecule has 4 rings (SSSR count). The number of phenols is 1. The monoisotopic (exact) mass is 484 g/mol. The predicted octanol–water partition coefficient (Wildman–Crippen LogP) is 2.22. The number of anilines is 1. The Morgan fingerprint density at radius 2 is 1.86 bits per heavy atom. The van der Waals surface area contributed by atoms with Gasteiger partial charge >= 0.3 is 0 Å². The SMILES string of the molecule is CCCCCc1cc(N(C)C)c2c(c1O)C(O)=C1C(=O)C3(O)C(O)=C(C(N)=O)C(=O)CC3CC1C2. The van der Waals surface area contributed by atoms with Crippen LogP contribution in [0.25, 0.3) is 5.76 Å². The van der Waals surface area contributed by atoms with Gasteiger partial charge in [-0.3, -0.25) is 14.4 Å². The van der Waals surface area contributed by atoms with Crippen LogP contribution in [0.1, 0.15) is 55.7 Å². The largest absolute Gasteiger partial charge is 0.508 e. The number of aliphatic hydroxyl groups is 3. The normalized spacial score (nSPS) is 25.8. The van der Waals surface area contributed by atoms with Crippen LogP contribution in [-0.2, 0) is 27.2 Å². The van der Waals surface area contributed by atoms with E-state index in [9.17, 15) is 34.8 Å². The molecule has 1 aromatic carbocycles. The van der Waals surface area contributed by atoms with Crippen molar-refractivity contribution >= 4 is 28.9 Å². The number of Topliss-reactive ketones (excluding diaryl/α,β-unsaturated/α-hetero) is 2. The molecule has 3 aliphatic rings. The first-order valence-corrected chi connectivity index (χ1v) is 12.0.